The Labute approximate surface area is 255 Å². The summed E-state index contributed by atoms with van der Waals surface area (Å²) in [5, 5.41) is 1.44. The van der Waals surface area contributed by atoms with Crippen LogP contribution in [0.2, 0.25) is 0 Å². The molecule has 0 radical (unpaired) electrons. The van der Waals surface area contributed by atoms with Gasteiger partial charge in [-0.05, 0) is 66.6 Å². The maximum atomic E-state index is 13.4. The average molecular weight is 602 g/mol. The molecule has 0 aliphatic carbocycles. The highest BCUT2D eigenvalue weighted by Gasteiger charge is 2.26. The first-order chi connectivity index (χ1) is 20.9. The Morgan fingerprint density at radius 3 is 2.26 bits per heavy atom. The molecule has 0 spiro atoms. The summed E-state index contributed by atoms with van der Waals surface area (Å²) in [4.78, 5) is 29.1. The van der Waals surface area contributed by atoms with Gasteiger partial charge in [-0.2, -0.15) is 0 Å². The average Bonchev–Trinajstić information content (AvgIpc) is 3.04. The van der Waals surface area contributed by atoms with Gasteiger partial charge in [-0.15, -0.1) is 11.8 Å². The summed E-state index contributed by atoms with van der Waals surface area (Å²) in [5.41, 5.74) is 4.56. The molecule has 4 aromatic carbocycles. The van der Waals surface area contributed by atoms with Crippen LogP contribution in [0.1, 0.15) is 24.2 Å². The summed E-state index contributed by atoms with van der Waals surface area (Å²) in [6, 6.07) is 19.5. The van der Waals surface area contributed by atoms with Gasteiger partial charge in [-0.25, -0.2) is 4.79 Å². The highest BCUT2D eigenvalue weighted by atomic mass is 32.2. The van der Waals surface area contributed by atoms with Crippen LogP contribution in [0.4, 0.5) is 5.69 Å². The van der Waals surface area contributed by atoms with Gasteiger partial charge in [0, 0.05) is 58.7 Å². The molecule has 0 bridgehead atoms. The molecule has 0 aromatic heterocycles. The third-order valence-electron chi connectivity index (χ3n) is 7.39. The van der Waals surface area contributed by atoms with E-state index in [0.29, 0.717) is 54.3 Å². The van der Waals surface area contributed by atoms with E-state index in [-0.39, 0.29) is 12.4 Å². The first kappa shape index (κ1) is 30.3. The van der Waals surface area contributed by atoms with Crippen LogP contribution in [-0.2, 0) is 14.3 Å². The molecule has 1 saturated heterocycles. The first-order valence-corrected chi connectivity index (χ1v) is 15.3. The number of hydrogen-bond acceptors (Lipinski definition) is 9. The lowest BCUT2D eigenvalue weighted by Gasteiger charge is -2.32. The third kappa shape index (κ3) is 6.28. The van der Waals surface area contributed by atoms with E-state index in [9.17, 15) is 9.59 Å². The Kier molecular flexibility index (Phi) is 9.43. The number of nitrogens with zero attached hydrogens (tertiary/aromatic N) is 1. The molecular weight excluding hydrogens is 566 g/mol. The maximum absolute atomic E-state index is 13.4. The van der Waals surface area contributed by atoms with Crippen LogP contribution >= 0.6 is 11.8 Å². The van der Waals surface area contributed by atoms with E-state index >= 15 is 0 Å². The molecule has 9 heteroatoms. The molecule has 0 amide bonds. The molecule has 0 unspecified atom stereocenters. The number of benzene rings is 4. The lowest BCUT2D eigenvalue weighted by molar-refractivity contribution is -0.131. The molecule has 43 heavy (non-hydrogen) atoms. The van der Waals surface area contributed by atoms with Crippen molar-refractivity contribution >= 4 is 40.2 Å². The molecule has 5 rings (SSSR count). The van der Waals surface area contributed by atoms with Crippen molar-refractivity contribution in [3.63, 3.8) is 0 Å². The maximum Gasteiger partial charge on any atom is 0.338 e. The lowest BCUT2D eigenvalue weighted by Crippen LogP contribution is -2.36. The molecule has 1 heterocycles. The second-order valence-electron chi connectivity index (χ2n) is 9.92. The normalized spacial score (nSPS) is 13.1. The van der Waals surface area contributed by atoms with Crippen molar-refractivity contribution in [3.8, 4) is 39.5 Å². The Morgan fingerprint density at radius 2 is 1.63 bits per heavy atom. The summed E-state index contributed by atoms with van der Waals surface area (Å²) < 4.78 is 28.2. The molecule has 1 aliphatic rings. The molecule has 0 atom stereocenters. The van der Waals surface area contributed by atoms with Crippen LogP contribution in [-0.4, -0.2) is 65.3 Å². The summed E-state index contributed by atoms with van der Waals surface area (Å²) in [6.45, 7) is 5.86. The monoisotopic (exact) mass is 601 g/mol. The summed E-state index contributed by atoms with van der Waals surface area (Å²) >= 11 is 1.64. The largest absolute Gasteiger partial charge is 0.497 e. The van der Waals surface area contributed by atoms with Crippen LogP contribution in [0.25, 0.3) is 33.0 Å². The second kappa shape index (κ2) is 13.4. The molecule has 1 fully saturated rings. The number of rotatable bonds is 9. The number of morpholine rings is 1. The van der Waals surface area contributed by atoms with Gasteiger partial charge in [0.15, 0.2) is 0 Å². The van der Waals surface area contributed by atoms with E-state index in [1.165, 1.54) is 6.92 Å². The first-order valence-electron chi connectivity index (χ1n) is 14.1. The SMILES string of the molecule is CCOC(=O)c1cc(OC(C)=O)c2cc(-c3ccc(OC)cc3OC)c(N3CCOCC3)cc2c1-c1ccc(SC)cc1. The van der Waals surface area contributed by atoms with Crippen molar-refractivity contribution in [1.82, 2.24) is 0 Å². The van der Waals surface area contributed by atoms with E-state index in [1.807, 2.05) is 54.8 Å². The van der Waals surface area contributed by atoms with Crippen LogP contribution in [0, 0.1) is 0 Å². The van der Waals surface area contributed by atoms with Gasteiger partial charge in [0.1, 0.15) is 17.2 Å². The van der Waals surface area contributed by atoms with Gasteiger partial charge in [-0.1, -0.05) is 12.1 Å². The number of methoxy groups -OCH3 is 2. The van der Waals surface area contributed by atoms with E-state index in [4.69, 9.17) is 23.7 Å². The van der Waals surface area contributed by atoms with Gasteiger partial charge in [-0.3, -0.25) is 4.79 Å². The van der Waals surface area contributed by atoms with Crippen molar-refractivity contribution in [2.45, 2.75) is 18.7 Å². The number of anilines is 1. The van der Waals surface area contributed by atoms with Crippen molar-refractivity contribution in [2.75, 3.05) is 58.3 Å². The van der Waals surface area contributed by atoms with E-state index in [1.54, 1.807) is 39.0 Å². The molecule has 0 N–H and O–H groups in total. The summed E-state index contributed by atoms with van der Waals surface area (Å²) in [7, 11) is 3.24. The van der Waals surface area contributed by atoms with Crippen LogP contribution in [0.5, 0.6) is 17.2 Å². The predicted octanol–water partition coefficient (Wildman–Crippen LogP) is 6.85. The van der Waals surface area contributed by atoms with Crippen molar-refractivity contribution in [3.05, 3.63) is 66.2 Å². The summed E-state index contributed by atoms with van der Waals surface area (Å²) in [6.07, 6.45) is 2.02. The van der Waals surface area contributed by atoms with Crippen LogP contribution in [0.3, 0.4) is 0 Å². The minimum atomic E-state index is -0.492. The fourth-order valence-corrected chi connectivity index (χ4v) is 5.81. The Bertz CT molecular complexity index is 1650. The number of ether oxygens (including phenoxy) is 5. The number of carbonyl (C=O) groups excluding carboxylic acids is 2. The Morgan fingerprint density at radius 1 is 0.884 bits per heavy atom. The van der Waals surface area contributed by atoms with Gasteiger partial charge in [0.2, 0.25) is 0 Å². The number of hydrogen-bond donors (Lipinski definition) is 0. The lowest BCUT2D eigenvalue weighted by atomic mass is 9.89. The molecular formula is C34H35NO7S. The van der Waals surface area contributed by atoms with Gasteiger partial charge >= 0.3 is 11.9 Å². The van der Waals surface area contributed by atoms with Crippen molar-refractivity contribution < 1.29 is 33.3 Å². The number of fused-ring (bicyclic) bond motifs is 1. The molecule has 0 saturated carbocycles. The molecule has 4 aromatic rings. The zero-order chi connectivity index (χ0) is 30.5. The number of carbonyl (C=O) groups is 2. The minimum Gasteiger partial charge on any atom is -0.497 e. The Hall–Kier alpha value is -4.21. The number of esters is 2. The molecule has 8 nitrogen and oxygen atoms in total. The van der Waals surface area contributed by atoms with Crippen LogP contribution in [0.15, 0.2) is 65.6 Å². The van der Waals surface area contributed by atoms with E-state index in [2.05, 4.69) is 11.0 Å². The standard InChI is InChI=1S/C34H35NO7S/c1-6-41-34(37)29-20-32(42-21(2)36)27-18-26(25-12-9-23(38-3)17-31(25)39-4)30(35-13-15-40-16-14-35)19-28(27)33(29)22-7-10-24(43-5)11-8-22/h7-12,17-20H,6,13-16H2,1-5H3. The zero-order valence-corrected chi connectivity index (χ0v) is 25.8. The van der Waals surface area contributed by atoms with Gasteiger partial charge < -0.3 is 28.6 Å². The van der Waals surface area contributed by atoms with Crippen molar-refractivity contribution in [1.29, 1.82) is 0 Å². The minimum absolute atomic E-state index is 0.208. The number of thioether (sulfide) groups is 1. The molecule has 1 aliphatic heterocycles. The van der Waals surface area contributed by atoms with Crippen molar-refractivity contribution in [2.24, 2.45) is 0 Å². The van der Waals surface area contributed by atoms with Gasteiger partial charge in [0.25, 0.3) is 0 Å². The van der Waals surface area contributed by atoms with Crippen LogP contribution < -0.4 is 19.1 Å². The zero-order valence-electron chi connectivity index (χ0n) is 25.0. The quantitative estimate of drug-likeness (QED) is 0.116. The fourth-order valence-electron chi connectivity index (χ4n) is 5.41. The molecule has 224 valence electrons. The van der Waals surface area contributed by atoms with Gasteiger partial charge in [0.05, 0.1) is 39.6 Å². The third-order valence-corrected chi connectivity index (χ3v) is 8.14. The van der Waals surface area contributed by atoms with E-state index in [0.717, 1.165) is 32.7 Å². The smallest absolute Gasteiger partial charge is 0.338 e. The highest BCUT2D eigenvalue weighted by molar-refractivity contribution is 7.98. The Balaban J connectivity index is 1.90. The highest BCUT2D eigenvalue weighted by Crippen LogP contribution is 2.46. The topological polar surface area (TPSA) is 83.5 Å². The summed E-state index contributed by atoms with van der Waals surface area (Å²) in [5.74, 6) is 0.602. The second-order valence-corrected chi connectivity index (χ2v) is 10.8. The van der Waals surface area contributed by atoms with E-state index < -0.39 is 11.9 Å². The predicted molar refractivity (Wildman–Crippen MR) is 170 cm³/mol. The fraction of sp³-hybridized carbons (Fsp3) is 0.294.